The number of carbonyl (C=O) groups excluding carboxylic acids is 1. The summed E-state index contributed by atoms with van der Waals surface area (Å²) in [4.78, 5) is 21.5. The molecule has 0 spiro atoms. The van der Waals surface area contributed by atoms with Gasteiger partial charge in [0.25, 0.3) is 5.91 Å². The zero-order valence-electron chi connectivity index (χ0n) is 19.8. The van der Waals surface area contributed by atoms with Crippen molar-refractivity contribution in [3.8, 4) is 0 Å². The van der Waals surface area contributed by atoms with Crippen LogP contribution in [0.2, 0.25) is 5.15 Å². The van der Waals surface area contributed by atoms with E-state index in [0.717, 1.165) is 5.76 Å². The van der Waals surface area contributed by atoms with E-state index >= 15 is 0 Å². The lowest BCUT2D eigenvalue weighted by atomic mass is 10.1. The minimum absolute atomic E-state index is 0.0612. The molecule has 8 nitrogen and oxygen atoms in total. The van der Waals surface area contributed by atoms with E-state index in [9.17, 15) is 9.00 Å². The standard InChI is InChI=1S/C22H35ClN4O4S/c1-9-30-26-22(28)18-14-24-21(23)13-20(18)25-19(17(5)27(6)32(7,8)29)12-10-11-16(4)31-15(2)3/h10-15,19,32H,5,9H2,1-4,6-8H3,(H,24,25)(H,26,28)/b12-10-,16-11+. The summed E-state index contributed by atoms with van der Waals surface area (Å²) in [6.07, 6.45) is 10.2. The number of anilines is 1. The van der Waals surface area contributed by atoms with Crippen molar-refractivity contribution in [1.29, 1.82) is 0 Å². The highest BCUT2D eigenvalue weighted by Crippen LogP contribution is 2.24. The maximum atomic E-state index is 12.6. The van der Waals surface area contributed by atoms with E-state index in [1.165, 1.54) is 12.3 Å². The number of rotatable bonds is 12. The monoisotopic (exact) mass is 486 g/mol. The Balaban J connectivity index is 3.32. The average Bonchev–Trinajstić information content (AvgIpc) is 2.69. The van der Waals surface area contributed by atoms with E-state index < -0.39 is 22.1 Å². The van der Waals surface area contributed by atoms with E-state index in [0.29, 0.717) is 18.0 Å². The van der Waals surface area contributed by atoms with Crippen LogP contribution in [-0.2, 0) is 19.7 Å². The van der Waals surface area contributed by atoms with Crippen molar-refractivity contribution >= 4 is 33.3 Å². The van der Waals surface area contributed by atoms with Crippen LogP contribution in [0.25, 0.3) is 0 Å². The van der Waals surface area contributed by atoms with Crippen LogP contribution in [0.15, 0.2) is 48.5 Å². The van der Waals surface area contributed by atoms with Crippen molar-refractivity contribution in [2.75, 3.05) is 31.5 Å². The summed E-state index contributed by atoms with van der Waals surface area (Å²) in [5, 5.41) is 3.46. The minimum Gasteiger partial charge on any atom is -0.496 e. The Hall–Kier alpha value is -2.36. The molecule has 0 aromatic carbocycles. The number of amides is 1. The molecule has 0 saturated heterocycles. The fourth-order valence-electron chi connectivity index (χ4n) is 2.56. The maximum Gasteiger partial charge on any atom is 0.278 e. The topological polar surface area (TPSA) is 92.8 Å². The van der Waals surface area contributed by atoms with E-state index in [-0.39, 0.29) is 16.8 Å². The van der Waals surface area contributed by atoms with Crippen LogP contribution in [0.3, 0.4) is 0 Å². The summed E-state index contributed by atoms with van der Waals surface area (Å²) in [5.41, 5.74) is 3.56. The van der Waals surface area contributed by atoms with Gasteiger partial charge in [-0.25, -0.2) is 10.5 Å². The predicted molar refractivity (Wildman–Crippen MR) is 133 cm³/mol. The van der Waals surface area contributed by atoms with E-state index in [1.807, 2.05) is 39.0 Å². The molecule has 1 amide bonds. The maximum absolute atomic E-state index is 12.6. The Labute approximate surface area is 197 Å². The number of carbonyl (C=O) groups is 1. The summed E-state index contributed by atoms with van der Waals surface area (Å²) in [6, 6.07) is 1.03. The van der Waals surface area contributed by atoms with E-state index in [4.69, 9.17) is 21.2 Å². The fraction of sp³-hybridized carbons (Fsp3) is 0.455. The third kappa shape index (κ3) is 9.02. The Bertz CT molecular complexity index is 911. The van der Waals surface area contributed by atoms with Crippen LogP contribution >= 0.6 is 11.6 Å². The van der Waals surface area contributed by atoms with Crippen molar-refractivity contribution in [1.82, 2.24) is 14.8 Å². The first-order valence-corrected chi connectivity index (χ1v) is 13.1. The van der Waals surface area contributed by atoms with Crippen LogP contribution in [0, 0.1) is 0 Å². The molecule has 2 N–H and O–H groups in total. The smallest absolute Gasteiger partial charge is 0.278 e. The summed E-state index contributed by atoms with van der Waals surface area (Å²) < 4.78 is 19.9. The molecule has 1 aromatic rings. The quantitative estimate of drug-likeness (QED) is 0.137. The Morgan fingerprint density at radius 1 is 1.41 bits per heavy atom. The second-order valence-corrected chi connectivity index (χ2v) is 11.3. The van der Waals surface area contributed by atoms with Crippen molar-refractivity contribution in [2.45, 2.75) is 39.8 Å². The van der Waals surface area contributed by atoms with E-state index in [1.54, 1.807) is 30.8 Å². The van der Waals surface area contributed by atoms with Gasteiger partial charge in [0.2, 0.25) is 0 Å². The average molecular weight is 487 g/mol. The number of aromatic nitrogens is 1. The van der Waals surface area contributed by atoms with Gasteiger partial charge in [-0.3, -0.25) is 13.8 Å². The van der Waals surface area contributed by atoms with Crippen LogP contribution in [0.1, 0.15) is 38.1 Å². The zero-order chi connectivity index (χ0) is 24.5. The third-order valence-corrected chi connectivity index (χ3v) is 6.20. The van der Waals surface area contributed by atoms with Gasteiger partial charge in [-0.15, -0.1) is 0 Å². The van der Waals surface area contributed by atoms with Gasteiger partial charge in [-0.05, 0) is 50.0 Å². The molecule has 0 aliphatic heterocycles. The number of pyridine rings is 1. The molecular weight excluding hydrogens is 452 g/mol. The number of nitrogens with one attached hydrogen (secondary N) is 2. The SMILES string of the molecule is C=C(C(/C=C\C=C(/C)OC(C)C)Nc1cc(Cl)ncc1C(=O)NOCC)N(C)[SH](C)(C)=O. The highest BCUT2D eigenvalue weighted by molar-refractivity contribution is 7.99. The summed E-state index contributed by atoms with van der Waals surface area (Å²) in [5.74, 6) is 0.271. The molecular formula is C22H35ClN4O4S. The molecule has 0 aliphatic carbocycles. The predicted octanol–water partition coefficient (Wildman–Crippen LogP) is 3.72. The lowest BCUT2D eigenvalue weighted by Gasteiger charge is -2.34. The minimum atomic E-state index is -2.61. The zero-order valence-corrected chi connectivity index (χ0v) is 21.5. The van der Waals surface area contributed by atoms with Gasteiger partial charge in [-0.1, -0.05) is 30.3 Å². The lowest BCUT2D eigenvalue weighted by Crippen LogP contribution is -2.37. The van der Waals surface area contributed by atoms with Crippen molar-refractivity contribution in [3.63, 3.8) is 0 Å². The molecule has 180 valence electrons. The summed E-state index contributed by atoms with van der Waals surface area (Å²) in [6.45, 7) is 12.0. The normalized spacial score (nSPS) is 13.7. The number of nitrogens with zero attached hydrogens (tertiary/aromatic N) is 2. The largest absolute Gasteiger partial charge is 0.496 e. The number of likely N-dealkylation sites (N-methyl/N-ethyl adjacent to an activating group) is 1. The Morgan fingerprint density at radius 3 is 2.62 bits per heavy atom. The molecule has 1 rings (SSSR count). The van der Waals surface area contributed by atoms with Crippen molar-refractivity contribution in [3.05, 3.63) is 59.2 Å². The molecule has 0 aliphatic rings. The number of allylic oxidation sites excluding steroid dienone is 3. The summed E-state index contributed by atoms with van der Waals surface area (Å²) >= 11 is 6.08. The van der Waals surface area contributed by atoms with Crippen LogP contribution in [0.5, 0.6) is 0 Å². The first kappa shape index (κ1) is 27.7. The molecule has 1 atom stereocenters. The number of hydrogen-bond donors (Lipinski definition) is 3. The fourth-order valence-corrected chi connectivity index (χ4v) is 3.46. The summed E-state index contributed by atoms with van der Waals surface area (Å²) in [7, 11) is -0.896. The molecule has 0 fully saturated rings. The van der Waals surface area contributed by atoms with Gasteiger partial charge in [0, 0.05) is 31.5 Å². The highest BCUT2D eigenvalue weighted by atomic mass is 35.5. The third-order valence-electron chi connectivity index (χ3n) is 4.29. The number of hydrogen-bond acceptors (Lipinski definition) is 6. The molecule has 0 saturated carbocycles. The number of ether oxygens (including phenoxy) is 1. The number of thiol groups is 1. The van der Waals surface area contributed by atoms with Gasteiger partial charge >= 0.3 is 0 Å². The first-order chi connectivity index (χ1) is 14.9. The molecule has 1 aromatic heterocycles. The van der Waals surface area contributed by atoms with Gasteiger partial charge in [-0.2, -0.15) is 0 Å². The van der Waals surface area contributed by atoms with Gasteiger partial charge in [0.15, 0.2) is 0 Å². The lowest BCUT2D eigenvalue weighted by molar-refractivity contribution is 0.0365. The molecule has 1 unspecified atom stereocenters. The molecule has 10 heteroatoms. The molecule has 0 bridgehead atoms. The second kappa shape index (κ2) is 12.6. The van der Waals surface area contributed by atoms with Crippen molar-refractivity contribution < 1.29 is 18.6 Å². The van der Waals surface area contributed by atoms with E-state index in [2.05, 4.69) is 22.4 Å². The van der Waals surface area contributed by atoms with Gasteiger partial charge < -0.3 is 14.4 Å². The van der Waals surface area contributed by atoms with Crippen LogP contribution < -0.4 is 10.8 Å². The first-order valence-electron chi connectivity index (χ1n) is 10.2. The van der Waals surface area contributed by atoms with Gasteiger partial charge in [0.1, 0.15) is 5.15 Å². The number of halogens is 1. The molecule has 0 radical (unpaired) electrons. The highest BCUT2D eigenvalue weighted by Gasteiger charge is 2.21. The Morgan fingerprint density at radius 2 is 2.06 bits per heavy atom. The molecule has 1 heterocycles. The van der Waals surface area contributed by atoms with Gasteiger partial charge in [0.05, 0.1) is 35.8 Å². The van der Waals surface area contributed by atoms with Crippen LogP contribution in [0.4, 0.5) is 5.69 Å². The van der Waals surface area contributed by atoms with Crippen LogP contribution in [-0.4, -0.2) is 57.7 Å². The Kier molecular flexibility index (Phi) is 10.9. The molecule has 32 heavy (non-hydrogen) atoms. The van der Waals surface area contributed by atoms with Crippen molar-refractivity contribution in [2.24, 2.45) is 0 Å². The number of hydroxylamine groups is 1. The second-order valence-electron chi connectivity index (χ2n) is 7.68.